The molecule has 3 aromatic carbocycles. The molecule has 1 aromatic heterocycles. The first kappa shape index (κ1) is 21.8. The molecule has 0 N–H and O–H groups in total. The maximum Gasteiger partial charge on any atom is 0.356 e. The van der Waals surface area contributed by atoms with Crippen LogP contribution in [0.1, 0.15) is 28.5 Å². The first-order chi connectivity index (χ1) is 15.1. The molecular formula is C25H21Cl2NO2S. The number of aromatic nitrogens is 1. The quantitative estimate of drug-likeness (QED) is 0.207. The van der Waals surface area contributed by atoms with Crippen molar-refractivity contribution in [3.63, 3.8) is 0 Å². The van der Waals surface area contributed by atoms with Crippen molar-refractivity contribution >= 4 is 51.8 Å². The van der Waals surface area contributed by atoms with Crippen molar-refractivity contribution in [2.75, 3.05) is 6.61 Å². The number of nitrogens with zero attached hydrogens (tertiary/aromatic N) is 1. The Labute approximate surface area is 195 Å². The van der Waals surface area contributed by atoms with Crippen LogP contribution in [0.2, 0.25) is 10.0 Å². The van der Waals surface area contributed by atoms with Crippen molar-refractivity contribution in [1.29, 1.82) is 0 Å². The van der Waals surface area contributed by atoms with Crippen molar-refractivity contribution in [2.45, 2.75) is 24.1 Å². The summed E-state index contributed by atoms with van der Waals surface area (Å²) < 4.78 is 7.47. The molecule has 0 atom stereocenters. The van der Waals surface area contributed by atoms with Gasteiger partial charge in [0.25, 0.3) is 0 Å². The van der Waals surface area contributed by atoms with Gasteiger partial charge in [-0.15, -0.1) is 11.8 Å². The predicted octanol–water partition coefficient (Wildman–Crippen LogP) is 7.47. The van der Waals surface area contributed by atoms with E-state index < -0.39 is 0 Å². The molecule has 4 aromatic rings. The Kier molecular flexibility index (Phi) is 6.91. The fourth-order valence-electron chi connectivity index (χ4n) is 3.53. The monoisotopic (exact) mass is 469 g/mol. The maximum absolute atomic E-state index is 13.1. The number of benzene rings is 3. The Morgan fingerprint density at radius 1 is 0.935 bits per heavy atom. The molecule has 0 spiro atoms. The first-order valence-corrected chi connectivity index (χ1v) is 11.7. The van der Waals surface area contributed by atoms with Gasteiger partial charge in [-0.25, -0.2) is 4.79 Å². The van der Waals surface area contributed by atoms with E-state index in [2.05, 4.69) is 18.2 Å². The highest BCUT2D eigenvalue weighted by Gasteiger charge is 2.24. The Balaban J connectivity index is 1.82. The summed E-state index contributed by atoms with van der Waals surface area (Å²) in [5, 5.41) is 2.03. The number of esters is 1. The summed E-state index contributed by atoms with van der Waals surface area (Å²) in [4.78, 5) is 14.0. The normalized spacial score (nSPS) is 11.1. The minimum atomic E-state index is -0.325. The summed E-state index contributed by atoms with van der Waals surface area (Å²) in [6, 6.07) is 23.8. The van der Waals surface area contributed by atoms with E-state index in [0.717, 1.165) is 27.1 Å². The lowest BCUT2D eigenvalue weighted by Crippen LogP contribution is -2.14. The van der Waals surface area contributed by atoms with E-state index >= 15 is 0 Å². The van der Waals surface area contributed by atoms with Crippen molar-refractivity contribution in [1.82, 2.24) is 4.57 Å². The molecule has 0 aliphatic rings. The second-order valence-corrected chi connectivity index (χ2v) is 8.82. The zero-order valence-electron chi connectivity index (χ0n) is 17.0. The van der Waals surface area contributed by atoms with Crippen LogP contribution in [-0.2, 0) is 17.0 Å². The van der Waals surface area contributed by atoms with Gasteiger partial charge in [-0.3, -0.25) is 0 Å². The van der Waals surface area contributed by atoms with Crippen LogP contribution in [0.3, 0.4) is 0 Å². The minimum Gasteiger partial charge on any atom is -0.461 e. The number of carbonyl (C=O) groups is 1. The van der Waals surface area contributed by atoms with Gasteiger partial charge in [-0.05, 0) is 36.2 Å². The van der Waals surface area contributed by atoms with Gasteiger partial charge in [0.05, 0.1) is 22.2 Å². The molecule has 0 unspecified atom stereocenters. The largest absolute Gasteiger partial charge is 0.461 e. The summed E-state index contributed by atoms with van der Waals surface area (Å²) in [7, 11) is 0. The molecule has 4 rings (SSSR count). The highest BCUT2D eigenvalue weighted by molar-refractivity contribution is 7.98. The van der Waals surface area contributed by atoms with Gasteiger partial charge in [0.15, 0.2) is 0 Å². The van der Waals surface area contributed by atoms with Crippen LogP contribution >= 0.6 is 35.0 Å². The van der Waals surface area contributed by atoms with Crippen molar-refractivity contribution < 1.29 is 9.53 Å². The van der Waals surface area contributed by atoms with Crippen LogP contribution in [-0.4, -0.2) is 17.1 Å². The number of halogens is 2. The van der Waals surface area contributed by atoms with Gasteiger partial charge in [0.1, 0.15) is 5.69 Å². The number of thioether (sulfide) groups is 1. The second kappa shape index (κ2) is 9.82. The van der Waals surface area contributed by atoms with Crippen LogP contribution in [0.5, 0.6) is 0 Å². The fourth-order valence-corrected chi connectivity index (χ4v) is 5.02. The molecule has 6 heteroatoms. The highest BCUT2D eigenvalue weighted by Crippen LogP contribution is 2.37. The van der Waals surface area contributed by atoms with E-state index in [4.69, 9.17) is 27.9 Å². The Morgan fingerprint density at radius 2 is 1.68 bits per heavy atom. The number of carbonyl (C=O) groups excluding carboxylic acids is 1. The Hall–Kier alpha value is -2.40. The third-order valence-electron chi connectivity index (χ3n) is 4.94. The molecule has 0 aliphatic carbocycles. The lowest BCUT2D eigenvalue weighted by Gasteiger charge is -2.12. The standard InChI is InChI=1S/C25H21Cl2NO2S/c1-2-30-25(29)23-24(31-16-17-8-4-3-5-9-17)19-10-6-7-11-22(19)28(23)15-18-12-13-20(26)21(27)14-18/h3-14H,2,15-16H2,1H3. The molecule has 31 heavy (non-hydrogen) atoms. The molecule has 0 saturated carbocycles. The molecule has 3 nitrogen and oxygen atoms in total. The molecule has 0 bridgehead atoms. The summed E-state index contributed by atoms with van der Waals surface area (Å²) >= 11 is 14.0. The van der Waals surface area contributed by atoms with Crippen LogP contribution in [0.25, 0.3) is 10.9 Å². The smallest absolute Gasteiger partial charge is 0.356 e. The molecule has 0 radical (unpaired) electrons. The van der Waals surface area contributed by atoms with Crippen LogP contribution in [0, 0.1) is 0 Å². The van der Waals surface area contributed by atoms with E-state index in [1.165, 1.54) is 5.56 Å². The number of ether oxygens (including phenoxy) is 1. The molecule has 0 fully saturated rings. The number of hydrogen-bond acceptors (Lipinski definition) is 3. The van der Waals surface area contributed by atoms with Gasteiger partial charge in [-0.1, -0.05) is 77.8 Å². The maximum atomic E-state index is 13.1. The SMILES string of the molecule is CCOC(=O)c1c(SCc2ccccc2)c2ccccc2n1Cc1ccc(Cl)c(Cl)c1. The summed E-state index contributed by atoms with van der Waals surface area (Å²) in [6.07, 6.45) is 0. The van der Waals surface area contributed by atoms with E-state index in [9.17, 15) is 4.79 Å². The van der Waals surface area contributed by atoms with Gasteiger partial charge in [0.2, 0.25) is 0 Å². The second-order valence-electron chi connectivity index (χ2n) is 7.02. The number of rotatable bonds is 7. The van der Waals surface area contributed by atoms with Crippen LogP contribution in [0.4, 0.5) is 0 Å². The zero-order valence-corrected chi connectivity index (χ0v) is 19.3. The number of hydrogen-bond donors (Lipinski definition) is 0. The molecule has 158 valence electrons. The Bertz CT molecular complexity index is 1220. The van der Waals surface area contributed by atoms with Crippen molar-refractivity contribution in [2.24, 2.45) is 0 Å². The predicted molar refractivity (Wildman–Crippen MR) is 129 cm³/mol. The third-order valence-corrected chi connectivity index (χ3v) is 6.86. The highest BCUT2D eigenvalue weighted by atomic mass is 35.5. The van der Waals surface area contributed by atoms with Gasteiger partial charge < -0.3 is 9.30 Å². The molecule has 0 saturated heterocycles. The van der Waals surface area contributed by atoms with Crippen LogP contribution in [0.15, 0.2) is 77.7 Å². The molecule has 0 amide bonds. The zero-order chi connectivity index (χ0) is 21.8. The van der Waals surface area contributed by atoms with Gasteiger partial charge in [0, 0.05) is 22.6 Å². The average Bonchev–Trinajstić information content (AvgIpc) is 3.09. The van der Waals surface area contributed by atoms with Crippen molar-refractivity contribution in [3.05, 3.63) is 99.7 Å². The fraction of sp³-hybridized carbons (Fsp3) is 0.160. The lowest BCUT2D eigenvalue weighted by molar-refractivity contribution is 0.0510. The topological polar surface area (TPSA) is 31.2 Å². The third kappa shape index (κ3) is 4.77. The van der Waals surface area contributed by atoms with Gasteiger partial charge in [-0.2, -0.15) is 0 Å². The van der Waals surface area contributed by atoms with E-state index in [0.29, 0.717) is 28.9 Å². The summed E-state index contributed by atoms with van der Waals surface area (Å²) in [5.41, 5.74) is 3.70. The van der Waals surface area contributed by atoms with Crippen molar-refractivity contribution in [3.8, 4) is 0 Å². The molecule has 0 aliphatic heterocycles. The number of fused-ring (bicyclic) bond motifs is 1. The summed E-state index contributed by atoms with van der Waals surface area (Å²) in [5.74, 6) is 0.433. The summed E-state index contributed by atoms with van der Waals surface area (Å²) in [6.45, 7) is 2.62. The van der Waals surface area contributed by atoms with E-state index in [-0.39, 0.29) is 5.97 Å². The first-order valence-electron chi connectivity index (χ1n) is 9.97. The average molecular weight is 470 g/mol. The Morgan fingerprint density at radius 3 is 2.42 bits per heavy atom. The lowest BCUT2D eigenvalue weighted by atomic mass is 10.2. The van der Waals surface area contributed by atoms with Gasteiger partial charge >= 0.3 is 5.97 Å². The molecule has 1 heterocycles. The number of para-hydroxylation sites is 1. The van der Waals surface area contributed by atoms with E-state index in [1.807, 2.05) is 60.0 Å². The minimum absolute atomic E-state index is 0.315. The van der Waals surface area contributed by atoms with Crippen LogP contribution < -0.4 is 0 Å². The molecular weight excluding hydrogens is 449 g/mol. The van der Waals surface area contributed by atoms with E-state index in [1.54, 1.807) is 17.8 Å².